The summed E-state index contributed by atoms with van der Waals surface area (Å²) < 4.78 is 0. The highest BCUT2D eigenvalue weighted by Crippen LogP contribution is 2.21. The smallest absolute Gasteiger partial charge is 0.177 e. The summed E-state index contributed by atoms with van der Waals surface area (Å²) in [6.45, 7) is 3.11. The molecule has 1 N–H and O–H groups in total. The normalized spacial score (nSPS) is 23.7. The van der Waals surface area contributed by atoms with E-state index in [1.807, 2.05) is 24.4 Å². The van der Waals surface area contributed by atoms with Gasteiger partial charge in [0.2, 0.25) is 0 Å². The van der Waals surface area contributed by atoms with Crippen LogP contribution in [0.3, 0.4) is 0 Å². The summed E-state index contributed by atoms with van der Waals surface area (Å²) in [7, 11) is 0. The molecule has 2 nitrogen and oxygen atoms in total. The lowest BCUT2D eigenvalue weighted by Crippen LogP contribution is -2.41. The standard InChI is InChI=1S/C12H17NOS/c1-9(10-5-2-3-7-13-10)12(14)11-6-4-8-15-11/h4,6,8-10,13H,2-3,5,7H2,1H3. The van der Waals surface area contributed by atoms with Gasteiger partial charge in [0.25, 0.3) is 0 Å². The minimum atomic E-state index is 0.115. The molecule has 2 heterocycles. The molecular formula is C12H17NOS. The highest BCUT2D eigenvalue weighted by atomic mass is 32.1. The van der Waals surface area contributed by atoms with Gasteiger partial charge in [0.1, 0.15) is 0 Å². The molecule has 0 saturated carbocycles. The summed E-state index contributed by atoms with van der Waals surface area (Å²) in [5.74, 6) is 0.411. The van der Waals surface area contributed by atoms with Crippen LogP contribution in [0.2, 0.25) is 0 Å². The Morgan fingerprint density at radius 2 is 2.47 bits per heavy atom. The number of nitrogens with one attached hydrogen (secondary N) is 1. The van der Waals surface area contributed by atoms with Crippen molar-refractivity contribution in [1.29, 1.82) is 0 Å². The highest BCUT2D eigenvalue weighted by Gasteiger charge is 2.26. The Balaban J connectivity index is 2.00. The molecule has 0 aromatic carbocycles. The van der Waals surface area contributed by atoms with Gasteiger partial charge in [-0.05, 0) is 30.8 Å². The summed E-state index contributed by atoms with van der Waals surface area (Å²) in [5, 5.41) is 5.41. The first-order valence-corrected chi connectivity index (χ1v) is 6.48. The van der Waals surface area contributed by atoms with Gasteiger partial charge in [0, 0.05) is 12.0 Å². The van der Waals surface area contributed by atoms with E-state index in [1.54, 1.807) is 11.3 Å². The van der Waals surface area contributed by atoms with Crippen LogP contribution in [0.25, 0.3) is 0 Å². The van der Waals surface area contributed by atoms with Crippen molar-refractivity contribution >= 4 is 17.1 Å². The van der Waals surface area contributed by atoms with E-state index in [0.29, 0.717) is 11.8 Å². The van der Waals surface area contributed by atoms with Crippen molar-refractivity contribution in [3.63, 3.8) is 0 Å². The lowest BCUT2D eigenvalue weighted by molar-refractivity contribution is 0.0896. The van der Waals surface area contributed by atoms with Gasteiger partial charge in [0.05, 0.1) is 4.88 Å². The van der Waals surface area contributed by atoms with Gasteiger partial charge in [0.15, 0.2) is 5.78 Å². The number of hydrogen-bond acceptors (Lipinski definition) is 3. The van der Waals surface area contributed by atoms with E-state index in [2.05, 4.69) is 5.32 Å². The van der Waals surface area contributed by atoms with E-state index in [4.69, 9.17) is 0 Å². The lowest BCUT2D eigenvalue weighted by atomic mass is 9.90. The number of ketones is 1. The van der Waals surface area contributed by atoms with Crippen LogP contribution < -0.4 is 5.32 Å². The van der Waals surface area contributed by atoms with Crippen LogP contribution in [0.15, 0.2) is 17.5 Å². The molecule has 0 bridgehead atoms. The van der Waals surface area contributed by atoms with Crippen LogP contribution in [0.1, 0.15) is 35.9 Å². The molecule has 1 aliphatic heterocycles. The van der Waals surface area contributed by atoms with Crippen molar-refractivity contribution in [1.82, 2.24) is 5.32 Å². The second-order valence-corrected chi connectivity index (χ2v) is 5.13. The van der Waals surface area contributed by atoms with Crippen LogP contribution in [-0.2, 0) is 0 Å². The molecule has 0 spiro atoms. The maximum Gasteiger partial charge on any atom is 0.177 e. The van der Waals surface area contributed by atoms with Crippen molar-refractivity contribution in [3.05, 3.63) is 22.4 Å². The molecule has 1 aliphatic rings. The van der Waals surface area contributed by atoms with Crippen LogP contribution >= 0.6 is 11.3 Å². The van der Waals surface area contributed by atoms with E-state index < -0.39 is 0 Å². The Hall–Kier alpha value is -0.670. The van der Waals surface area contributed by atoms with Crippen LogP contribution in [0.5, 0.6) is 0 Å². The Kier molecular flexibility index (Phi) is 3.54. The third-order valence-electron chi connectivity index (χ3n) is 3.13. The van der Waals surface area contributed by atoms with Gasteiger partial charge in [-0.3, -0.25) is 4.79 Å². The number of Topliss-reactive ketones (excluding diaryl/α,β-unsaturated/α-hetero) is 1. The van der Waals surface area contributed by atoms with Crippen LogP contribution in [-0.4, -0.2) is 18.4 Å². The maximum atomic E-state index is 12.1. The van der Waals surface area contributed by atoms with E-state index in [-0.39, 0.29) is 5.92 Å². The topological polar surface area (TPSA) is 29.1 Å². The predicted octanol–water partition coefficient (Wildman–Crippen LogP) is 2.71. The molecule has 1 aromatic rings. The van der Waals surface area contributed by atoms with Crippen LogP contribution in [0.4, 0.5) is 0 Å². The van der Waals surface area contributed by atoms with Crippen LogP contribution in [0, 0.1) is 5.92 Å². The second kappa shape index (κ2) is 4.90. The molecule has 1 aromatic heterocycles. The number of piperidine rings is 1. The number of rotatable bonds is 3. The van der Waals surface area contributed by atoms with E-state index in [1.165, 1.54) is 12.8 Å². The molecule has 3 heteroatoms. The average Bonchev–Trinajstić information content (AvgIpc) is 2.82. The Labute approximate surface area is 94.7 Å². The molecule has 1 fully saturated rings. The summed E-state index contributed by atoms with van der Waals surface area (Å²) in [5.41, 5.74) is 0. The van der Waals surface area contributed by atoms with Crippen molar-refractivity contribution in [2.75, 3.05) is 6.54 Å². The molecular weight excluding hydrogens is 206 g/mol. The maximum absolute atomic E-state index is 12.1. The summed E-state index contributed by atoms with van der Waals surface area (Å²) in [6.07, 6.45) is 3.63. The fourth-order valence-corrected chi connectivity index (χ4v) is 2.89. The average molecular weight is 223 g/mol. The van der Waals surface area contributed by atoms with Gasteiger partial charge in [-0.25, -0.2) is 0 Å². The summed E-state index contributed by atoms with van der Waals surface area (Å²) in [4.78, 5) is 13.0. The minimum absolute atomic E-state index is 0.115. The first-order chi connectivity index (χ1) is 7.29. The third-order valence-corrected chi connectivity index (χ3v) is 4.01. The van der Waals surface area contributed by atoms with Gasteiger partial charge >= 0.3 is 0 Å². The van der Waals surface area contributed by atoms with Gasteiger partial charge < -0.3 is 5.32 Å². The minimum Gasteiger partial charge on any atom is -0.313 e. The predicted molar refractivity (Wildman–Crippen MR) is 63.5 cm³/mol. The molecule has 1 saturated heterocycles. The first-order valence-electron chi connectivity index (χ1n) is 5.60. The Morgan fingerprint density at radius 3 is 3.07 bits per heavy atom. The van der Waals surface area contributed by atoms with E-state index >= 15 is 0 Å². The molecule has 2 atom stereocenters. The molecule has 2 rings (SSSR count). The quantitative estimate of drug-likeness (QED) is 0.798. The number of hydrogen-bond donors (Lipinski definition) is 1. The van der Waals surface area contributed by atoms with Crippen molar-refractivity contribution in [3.8, 4) is 0 Å². The van der Waals surface area contributed by atoms with Gasteiger partial charge in [-0.2, -0.15) is 0 Å². The summed E-state index contributed by atoms with van der Waals surface area (Å²) in [6, 6.07) is 4.25. The second-order valence-electron chi connectivity index (χ2n) is 4.19. The molecule has 0 radical (unpaired) electrons. The van der Waals surface area contributed by atoms with Gasteiger partial charge in [-0.1, -0.05) is 19.4 Å². The third kappa shape index (κ3) is 2.47. The number of thiophene rings is 1. The zero-order valence-corrected chi connectivity index (χ0v) is 9.85. The SMILES string of the molecule is CC(C(=O)c1cccs1)C1CCCCN1. The molecule has 82 valence electrons. The lowest BCUT2D eigenvalue weighted by Gasteiger charge is -2.27. The van der Waals surface area contributed by atoms with Crippen molar-refractivity contribution in [2.45, 2.75) is 32.2 Å². The summed E-state index contributed by atoms with van der Waals surface area (Å²) >= 11 is 1.55. The van der Waals surface area contributed by atoms with Crippen molar-refractivity contribution < 1.29 is 4.79 Å². The highest BCUT2D eigenvalue weighted by molar-refractivity contribution is 7.12. The van der Waals surface area contributed by atoms with E-state index in [0.717, 1.165) is 17.8 Å². The van der Waals surface area contributed by atoms with Gasteiger partial charge in [-0.15, -0.1) is 11.3 Å². The molecule has 15 heavy (non-hydrogen) atoms. The molecule has 0 aliphatic carbocycles. The molecule has 2 unspecified atom stereocenters. The zero-order valence-electron chi connectivity index (χ0n) is 9.03. The van der Waals surface area contributed by atoms with Crippen molar-refractivity contribution in [2.24, 2.45) is 5.92 Å². The largest absolute Gasteiger partial charge is 0.313 e. The Morgan fingerprint density at radius 1 is 1.60 bits per heavy atom. The Bertz CT molecular complexity index is 314. The first kappa shape index (κ1) is 10.8. The number of carbonyl (C=O) groups excluding carboxylic acids is 1. The monoisotopic (exact) mass is 223 g/mol. The van der Waals surface area contributed by atoms with E-state index in [9.17, 15) is 4.79 Å². The fraction of sp³-hybridized carbons (Fsp3) is 0.583. The molecule has 0 amide bonds. The zero-order chi connectivity index (χ0) is 10.7. The number of carbonyl (C=O) groups is 1. The fourth-order valence-electron chi connectivity index (χ4n) is 2.13.